The fourth-order valence-electron chi connectivity index (χ4n) is 2.00. The summed E-state index contributed by atoms with van der Waals surface area (Å²) in [6.07, 6.45) is 4.99. The molecule has 0 aliphatic rings. The van der Waals surface area contributed by atoms with E-state index in [4.69, 9.17) is 11.6 Å². The van der Waals surface area contributed by atoms with E-state index in [1.807, 2.05) is 23.5 Å². The molecule has 3 nitrogen and oxygen atoms in total. The van der Waals surface area contributed by atoms with Crippen molar-refractivity contribution in [2.45, 2.75) is 26.3 Å². The summed E-state index contributed by atoms with van der Waals surface area (Å²) in [7, 11) is 1.95. The lowest BCUT2D eigenvalue weighted by Gasteiger charge is -2.25. The maximum Gasteiger partial charge on any atom is 0.0834 e. The second-order valence-electron chi connectivity index (χ2n) is 4.37. The van der Waals surface area contributed by atoms with E-state index < -0.39 is 0 Å². The Labute approximate surface area is 113 Å². The van der Waals surface area contributed by atoms with E-state index in [2.05, 4.69) is 30.5 Å². The molecule has 0 aliphatic carbocycles. The molecule has 0 saturated heterocycles. The van der Waals surface area contributed by atoms with Crippen molar-refractivity contribution in [2.75, 3.05) is 18.6 Å². The summed E-state index contributed by atoms with van der Waals surface area (Å²) >= 11 is 8.10. The molecule has 2 unspecified atom stereocenters. The second-order valence-corrected chi connectivity index (χ2v) is 5.68. The van der Waals surface area contributed by atoms with E-state index in [9.17, 15) is 0 Å². The van der Waals surface area contributed by atoms with Crippen LogP contribution in [0.15, 0.2) is 6.20 Å². The SMILES string of the molecule is CCCNC(c1c(Cl)cnn1C)C(C)CSC. The number of rotatable bonds is 7. The third kappa shape index (κ3) is 3.90. The predicted molar refractivity (Wildman–Crippen MR) is 76.8 cm³/mol. The number of nitrogens with one attached hydrogen (secondary N) is 1. The summed E-state index contributed by atoms with van der Waals surface area (Å²) in [6, 6.07) is 0.280. The van der Waals surface area contributed by atoms with Crippen molar-refractivity contribution >= 4 is 23.4 Å². The lowest BCUT2D eigenvalue weighted by Crippen LogP contribution is -2.30. The molecule has 1 N–H and O–H groups in total. The third-order valence-electron chi connectivity index (χ3n) is 2.85. The van der Waals surface area contributed by atoms with Crippen LogP contribution in [0, 0.1) is 5.92 Å². The highest BCUT2D eigenvalue weighted by molar-refractivity contribution is 7.98. The second kappa shape index (κ2) is 7.29. The molecule has 1 rings (SSSR count). The molecule has 0 fully saturated rings. The Morgan fingerprint density at radius 2 is 2.29 bits per heavy atom. The van der Waals surface area contributed by atoms with Crippen LogP contribution in [0.2, 0.25) is 5.02 Å². The summed E-state index contributed by atoms with van der Waals surface area (Å²) in [5, 5.41) is 8.56. The molecule has 1 heterocycles. The van der Waals surface area contributed by atoms with Crippen molar-refractivity contribution in [1.29, 1.82) is 0 Å². The van der Waals surface area contributed by atoms with E-state index in [0.717, 1.165) is 29.4 Å². The van der Waals surface area contributed by atoms with Crippen LogP contribution < -0.4 is 5.32 Å². The highest BCUT2D eigenvalue weighted by Crippen LogP contribution is 2.29. The number of thioether (sulfide) groups is 1. The Morgan fingerprint density at radius 1 is 1.59 bits per heavy atom. The van der Waals surface area contributed by atoms with E-state index in [-0.39, 0.29) is 6.04 Å². The molecule has 1 aromatic heterocycles. The number of halogens is 1. The van der Waals surface area contributed by atoms with Crippen LogP contribution in [0.3, 0.4) is 0 Å². The average Bonchev–Trinajstić information content (AvgIpc) is 2.61. The van der Waals surface area contributed by atoms with E-state index >= 15 is 0 Å². The van der Waals surface area contributed by atoms with Gasteiger partial charge in [-0.3, -0.25) is 4.68 Å². The summed E-state index contributed by atoms with van der Waals surface area (Å²) in [5.74, 6) is 1.65. The fourth-order valence-corrected chi connectivity index (χ4v) is 3.00. The van der Waals surface area contributed by atoms with Crippen molar-refractivity contribution in [3.63, 3.8) is 0 Å². The van der Waals surface area contributed by atoms with E-state index in [1.54, 1.807) is 6.20 Å². The van der Waals surface area contributed by atoms with Gasteiger partial charge in [0.2, 0.25) is 0 Å². The molecular weight excluding hydrogens is 254 g/mol. The maximum atomic E-state index is 6.23. The molecule has 5 heteroatoms. The molecule has 0 saturated carbocycles. The van der Waals surface area contributed by atoms with Crippen LogP contribution in [0.4, 0.5) is 0 Å². The average molecular weight is 276 g/mol. The van der Waals surface area contributed by atoms with Gasteiger partial charge in [0.25, 0.3) is 0 Å². The first-order chi connectivity index (χ1) is 8.11. The topological polar surface area (TPSA) is 29.9 Å². The number of hydrogen-bond acceptors (Lipinski definition) is 3. The minimum Gasteiger partial charge on any atom is -0.308 e. The van der Waals surface area contributed by atoms with Gasteiger partial charge >= 0.3 is 0 Å². The smallest absolute Gasteiger partial charge is 0.0834 e. The van der Waals surface area contributed by atoms with Gasteiger partial charge in [0.15, 0.2) is 0 Å². The Bertz CT molecular complexity index is 321. The van der Waals surface area contributed by atoms with Gasteiger partial charge in [0, 0.05) is 7.05 Å². The number of nitrogens with zero attached hydrogens (tertiary/aromatic N) is 2. The summed E-state index contributed by atoms with van der Waals surface area (Å²) in [6.45, 7) is 5.44. The van der Waals surface area contributed by atoms with Crippen LogP contribution in [-0.2, 0) is 7.05 Å². The van der Waals surface area contributed by atoms with Gasteiger partial charge in [-0.05, 0) is 30.9 Å². The van der Waals surface area contributed by atoms with E-state index in [0.29, 0.717) is 5.92 Å². The van der Waals surface area contributed by atoms with Gasteiger partial charge < -0.3 is 5.32 Å². The zero-order valence-corrected chi connectivity index (χ0v) is 12.6. The first-order valence-corrected chi connectivity index (χ1v) is 7.78. The Hall–Kier alpha value is -0.190. The standard InChI is InChI=1S/C12H22ClN3S/c1-5-6-14-11(9(2)8-17-4)12-10(13)7-15-16(12)3/h7,9,11,14H,5-6,8H2,1-4H3. The zero-order chi connectivity index (χ0) is 12.8. The molecule has 0 radical (unpaired) electrons. The highest BCUT2D eigenvalue weighted by atomic mass is 35.5. The number of aryl methyl sites for hydroxylation is 1. The molecule has 0 aromatic carbocycles. The summed E-state index contributed by atoms with van der Waals surface area (Å²) < 4.78 is 1.88. The van der Waals surface area contributed by atoms with Crippen LogP contribution in [0.5, 0.6) is 0 Å². The van der Waals surface area contributed by atoms with Crippen LogP contribution in [-0.4, -0.2) is 28.3 Å². The molecule has 1 aromatic rings. The van der Waals surface area contributed by atoms with Gasteiger partial charge in [-0.2, -0.15) is 16.9 Å². The molecule has 0 aliphatic heterocycles. The lowest BCUT2D eigenvalue weighted by molar-refractivity contribution is 0.396. The largest absolute Gasteiger partial charge is 0.308 e. The Balaban J connectivity index is 2.89. The van der Waals surface area contributed by atoms with Gasteiger partial charge in [-0.25, -0.2) is 0 Å². The molecule has 0 bridgehead atoms. The van der Waals surface area contributed by atoms with Crippen molar-refractivity contribution in [3.8, 4) is 0 Å². The third-order valence-corrected chi connectivity index (χ3v) is 4.00. The van der Waals surface area contributed by atoms with Crippen LogP contribution in [0.1, 0.15) is 32.0 Å². The monoisotopic (exact) mass is 275 g/mol. The molecule has 17 heavy (non-hydrogen) atoms. The molecule has 2 atom stereocenters. The van der Waals surface area contributed by atoms with Crippen LogP contribution >= 0.6 is 23.4 Å². The van der Waals surface area contributed by atoms with Gasteiger partial charge in [-0.1, -0.05) is 25.4 Å². The number of hydrogen-bond donors (Lipinski definition) is 1. The molecule has 98 valence electrons. The Morgan fingerprint density at radius 3 is 2.76 bits per heavy atom. The van der Waals surface area contributed by atoms with Gasteiger partial charge in [0.05, 0.1) is 23.0 Å². The zero-order valence-electron chi connectivity index (χ0n) is 11.0. The quantitative estimate of drug-likeness (QED) is 0.829. The number of aromatic nitrogens is 2. The van der Waals surface area contributed by atoms with E-state index in [1.165, 1.54) is 0 Å². The maximum absolute atomic E-state index is 6.23. The van der Waals surface area contributed by atoms with Gasteiger partial charge in [0.1, 0.15) is 0 Å². The fraction of sp³-hybridized carbons (Fsp3) is 0.750. The van der Waals surface area contributed by atoms with Crippen molar-refractivity contribution in [2.24, 2.45) is 13.0 Å². The molecule has 0 spiro atoms. The Kier molecular flexibility index (Phi) is 6.38. The normalized spacial score (nSPS) is 14.9. The van der Waals surface area contributed by atoms with Crippen molar-refractivity contribution < 1.29 is 0 Å². The first kappa shape index (κ1) is 14.9. The minimum absolute atomic E-state index is 0.280. The van der Waals surface area contributed by atoms with Crippen LogP contribution in [0.25, 0.3) is 0 Å². The molecular formula is C12H22ClN3S. The van der Waals surface area contributed by atoms with Crippen molar-refractivity contribution in [3.05, 3.63) is 16.9 Å². The predicted octanol–water partition coefficient (Wildman–Crippen LogP) is 3.11. The van der Waals surface area contributed by atoms with Gasteiger partial charge in [-0.15, -0.1) is 0 Å². The summed E-state index contributed by atoms with van der Waals surface area (Å²) in [4.78, 5) is 0. The molecule has 0 amide bonds. The summed E-state index contributed by atoms with van der Waals surface area (Å²) in [5.41, 5.74) is 1.10. The highest BCUT2D eigenvalue weighted by Gasteiger charge is 2.23. The lowest BCUT2D eigenvalue weighted by atomic mass is 10.0. The first-order valence-electron chi connectivity index (χ1n) is 6.01. The minimum atomic E-state index is 0.280. The van der Waals surface area contributed by atoms with Crippen molar-refractivity contribution in [1.82, 2.24) is 15.1 Å².